The highest BCUT2D eigenvalue weighted by atomic mass is 32.2. The van der Waals surface area contributed by atoms with E-state index in [1.807, 2.05) is 19.1 Å². The van der Waals surface area contributed by atoms with Gasteiger partial charge in [0.2, 0.25) is 0 Å². The monoisotopic (exact) mass is 344 g/mol. The Morgan fingerprint density at radius 3 is 2.58 bits per heavy atom. The summed E-state index contributed by atoms with van der Waals surface area (Å²) in [5.74, 6) is 0.629. The first-order valence-corrected chi connectivity index (χ1v) is 9.17. The van der Waals surface area contributed by atoms with Gasteiger partial charge in [-0.05, 0) is 43.7 Å². The predicted molar refractivity (Wildman–Crippen MR) is 94.8 cm³/mol. The van der Waals surface area contributed by atoms with E-state index in [0.717, 1.165) is 5.39 Å². The van der Waals surface area contributed by atoms with Crippen molar-refractivity contribution in [3.8, 4) is 5.75 Å². The van der Waals surface area contributed by atoms with Crippen LogP contribution < -0.4 is 10.5 Å². The number of hydrogen-bond acceptors (Lipinski definition) is 4. The van der Waals surface area contributed by atoms with Crippen LogP contribution in [0, 0.1) is 6.92 Å². The van der Waals surface area contributed by atoms with Gasteiger partial charge < -0.3 is 10.5 Å². The molecular weight excluding hydrogens is 324 g/mol. The van der Waals surface area contributed by atoms with Crippen LogP contribution >= 0.6 is 0 Å². The molecule has 1 aromatic heterocycles. The topological polar surface area (TPSA) is 74.3 Å². The summed E-state index contributed by atoms with van der Waals surface area (Å²) in [5.41, 5.74) is 6.90. The molecule has 0 aliphatic heterocycles. The summed E-state index contributed by atoms with van der Waals surface area (Å²) in [4.78, 5) is 0.296. The van der Waals surface area contributed by atoms with E-state index in [9.17, 15) is 8.42 Å². The van der Waals surface area contributed by atoms with Crippen LogP contribution in [-0.4, -0.2) is 25.0 Å². The van der Waals surface area contributed by atoms with Crippen LogP contribution in [0.4, 0.5) is 0 Å². The molecule has 0 saturated heterocycles. The lowest BCUT2D eigenvalue weighted by Gasteiger charge is -2.14. The first-order valence-electron chi connectivity index (χ1n) is 7.73. The lowest BCUT2D eigenvalue weighted by atomic mass is 10.2. The molecule has 2 aromatic carbocycles. The van der Waals surface area contributed by atoms with E-state index in [1.165, 1.54) is 3.97 Å². The van der Waals surface area contributed by atoms with Gasteiger partial charge in [-0.15, -0.1) is 0 Å². The molecule has 0 aliphatic carbocycles. The van der Waals surface area contributed by atoms with E-state index in [4.69, 9.17) is 10.5 Å². The highest BCUT2D eigenvalue weighted by molar-refractivity contribution is 7.90. The van der Waals surface area contributed by atoms with Gasteiger partial charge in [0, 0.05) is 18.1 Å². The molecule has 24 heavy (non-hydrogen) atoms. The zero-order valence-corrected chi connectivity index (χ0v) is 14.5. The average molecular weight is 344 g/mol. The van der Waals surface area contributed by atoms with Gasteiger partial charge in [-0.1, -0.05) is 24.3 Å². The minimum atomic E-state index is -3.67. The standard InChI is InChI=1S/C18H20N2O3S/c1-13-6-3-4-9-18(13)24(21,22)20-11-10-15-16(20)7-5-8-17(15)23-14(2)12-19/h3-11,14H,12,19H2,1-2H3. The van der Waals surface area contributed by atoms with Gasteiger partial charge in [0.15, 0.2) is 0 Å². The van der Waals surface area contributed by atoms with E-state index >= 15 is 0 Å². The molecule has 126 valence electrons. The fourth-order valence-corrected chi connectivity index (χ4v) is 4.22. The van der Waals surface area contributed by atoms with Crippen molar-refractivity contribution >= 4 is 20.9 Å². The first kappa shape index (κ1) is 16.5. The number of nitrogens with zero attached hydrogens (tertiary/aromatic N) is 1. The Balaban J connectivity index is 2.15. The zero-order chi connectivity index (χ0) is 17.3. The minimum Gasteiger partial charge on any atom is -0.489 e. The van der Waals surface area contributed by atoms with Gasteiger partial charge >= 0.3 is 0 Å². The molecule has 0 radical (unpaired) electrons. The van der Waals surface area contributed by atoms with Crippen LogP contribution in [0.1, 0.15) is 12.5 Å². The molecular formula is C18H20N2O3S. The number of aromatic nitrogens is 1. The van der Waals surface area contributed by atoms with E-state index in [1.54, 1.807) is 49.5 Å². The van der Waals surface area contributed by atoms with Crippen molar-refractivity contribution in [1.82, 2.24) is 3.97 Å². The van der Waals surface area contributed by atoms with Gasteiger partial charge in [-0.25, -0.2) is 12.4 Å². The number of hydrogen-bond donors (Lipinski definition) is 1. The first-order chi connectivity index (χ1) is 11.4. The molecule has 1 atom stereocenters. The largest absolute Gasteiger partial charge is 0.489 e. The normalized spacial score (nSPS) is 13.1. The summed E-state index contributed by atoms with van der Waals surface area (Å²) < 4.78 is 33.1. The van der Waals surface area contributed by atoms with Crippen molar-refractivity contribution in [2.24, 2.45) is 5.73 Å². The molecule has 1 unspecified atom stereocenters. The number of nitrogens with two attached hydrogens (primary N) is 1. The number of ether oxygens (including phenoxy) is 1. The molecule has 0 spiro atoms. The van der Waals surface area contributed by atoms with Gasteiger partial charge in [0.1, 0.15) is 11.9 Å². The quantitative estimate of drug-likeness (QED) is 0.772. The van der Waals surface area contributed by atoms with E-state index in [2.05, 4.69) is 0 Å². The molecule has 0 bridgehead atoms. The summed E-state index contributed by atoms with van der Waals surface area (Å²) in [7, 11) is -3.67. The number of rotatable bonds is 5. The third-order valence-electron chi connectivity index (χ3n) is 3.95. The summed E-state index contributed by atoms with van der Waals surface area (Å²) in [6, 6.07) is 14.1. The Morgan fingerprint density at radius 2 is 1.88 bits per heavy atom. The lowest BCUT2D eigenvalue weighted by molar-refractivity contribution is 0.233. The molecule has 2 N–H and O–H groups in total. The van der Waals surface area contributed by atoms with E-state index in [0.29, 0.717) is 28.3 Å². The summed E-state index contributed by atoms with van der Waals surface area (Å²) in [5, 5.41) is 0.745. The molecule has 6 heteroatoms. The zero-order valence-electron chi connectivity index (χ0n) is 13.6. The van der Waals surface area contributed by atoms with E-state index in [-0.39, 0.29) is 6.10 Å². The maximum absolute atomic E-state index is 13.0. The van der Waals surface area contributed by atoms with Crippen molar-refractivity contribution in [2.45, 2.75) is 24.8 Å². The fraction of sp³-hybridized carbons (Fsp3) is 0.222. The summed E-state index contributed by atoms with van der Waals surface area (Å²) >= 11 is 0. The molecule has 3 aromatic rings. The summed E-state index contributed by atoms with van der Waals surface area (Å²) in [6.45, 7) is 4.05. The van der Waals surface area contributed by atoms with Crippen LogP contribution in [0.2, 0.25) is 0 Å². The molecule has 5 nitrogen and oxygen atoms in total. The van der Waals surface area contributed by atoms with Crippen LogP contribution in [0.25, 0.3) is 10.9 Å². The lowest BCUT2D eigenvalue weighted by Crippen LogP contribution is -2.22. The van der Waals surface area contributed by atoms with Crippen LogP contribution in [-0.2, 0) is 10.0 Å². The van der Waals surface area contributed by atoms with Gasteiger partial charge in [-0.2, -0.15) is 0 Å². The van der Waals surface area contributed by atoms with Crippen molar-refractivity contribution in [3.05, 3.63) is 60.3 Å². The molecule has 0 aliphatic rings. The smallest absolute Gasteiger partial charge is 0.268 e. The summed E-state index contributed by atoms with van der Waals surface area (Å²) in [6.07, 6.45) is 1.42. The Bertz CT molecular complexity index is 977. The SMILES string of the molecule is Cc1ccccc1S(=O)(=O)n1ccc2c(OC(C)CN)cccc21. The highest BCUT2D eigenvalue weighted by Gasteiger charge is 2.21. The minimum absolute atomic E-state index is 0.146. The van der Waals surface area contributed by atoms with Crippen LogP contribution in [0.3, 0.4) is 0 Å². The van der Waals surface area contributed by atoms with Gasteiger partial charge in [0.25, 0.3) is 10.0 Å². The van der Waals surface area contributed by atoms with Crippen LogP contribution in [0.5, 0.6) is 5.75 Å². The van der Waals surface area contributed by atoms with Crippen molar-refractivity contribution in [2.75, 3.05) is 6.54 Å². The average Bonchev–Trinajstić information content (AvgIpc) is 3.01. The second-order valence-electron chi connectivity index (χ2n) is 5.74. The van der Waals surface area contributed by atoms with Crippen LogP contribution in [0.15, 0.2) is 59.6 Å². The maximum Gasteiger partial charge on any atom is 0.268 e. The molecule has 0 amide bonds. The Hall–Kier alpha value is -2.31. The third-order valence-corrected chi connectivity index (χ3v) is 5.80. The van der Waals surface area contributed by atoms with Gasteiger partial charge in [0.05, 0.1) is 10.4 Å². The molecule has 0 saturated carbocycles. The Kier molecular flexibility index (Phi) is 4.34. The van der Waals surface area contributed by atoms with Gasteiger partial charge in [-0.3, -0.25) is 0 Å². The van der Waals surface area contributed by atoms with E-state index < -0.39 is 10.0 Å². The number of aryl methyl sites for hydroxylation is 1. The van der Waals surface area contributed by atoms with Crippen molar-refractivity contribution in [1.29, 1.82) is 0 Å². The number of fused-ring (bicyclic) bond motifs is 1. The molecule has 0 fully saturated rings. The molecule has 3 rings (SSSR count). The van der Waals surface area contributed by atoms with Crippen molar-refractivity contribution < 1.29 is 13.2 Å². The second-order valence-corrected chi connectivity index (χ2v) is 7.52. The third kappa shape index (κ3) is 2.79. The van der Waals surface area contributed by atoms with Crippen molar-refractivity contribution in [3.63, 3.8) is 0 Å². The Morgan fingerprint density at radius 1 is 1.12 bits per heavy atom. The highest BCUT2D eigenvalue weighted by Crippen LogP contribution is 2.30. The maximum atomic E-state index is 13.0. The Labute approximate surface area is 141 Å². The predicted octanol–water partition coefficient (Wildman–Crippen LogP) is 2.91. The fourth-order valence-electron chi connectivity index (χ4n) is 2.64. The number of benzene rings is 2. The second kappa shape index (κ2) is 6.30. The molecule has 1 heterocycles.